The molecule has 0 amide bonds. The number of ether oxygens (including phenoxy) is 3. The number of carboxylic acid groups (broad SMARTS) is 1. The van der Waals surface area contributed by atoms with Gasteiger partial charge in [0.2, 0.25) is 5.89 Å². The lowest BCUT2D eigenvalue weighted by atomic mass is 9.95. The van der Waals surface area contributed by atoms with Crippen LogP contribution in [0.1, 0.15) is 30.9 Å². The molecule has 3 aromatic heterocycles. The lowest BCUT2D eigenvalue weighted by Gasteiger charge is -2.20. The number of thiophene rings is 1. The van der Waals surface area contributed by atoms with E-state index in [4.69, 9.17) is 18.6 Å². The Labute approximate surface area is 253 Å². The molecule has 9 heteroatoms. The maximum atomic E-state index is 11.7. The Morgan fingerprint density at radius 2 is 1.79 bits per heavy atom. The van der Waals surface area contributed by atoms with Gasteiger partial charge < -0.3 is 28.3 Å². The third-order valence-corrected chi connectivity index (χ3v) is 8.34. The molecule has 1 N–H and O–H groups in total. The predicted molar refractivity (Wildman–Crippen MR) is 167 cm³/mol. The third kappa shape index (κ3) is 5.56. The fraction of sp³-hybridized carbons (Fsp3) is 0.235. The molecule has 220 valence electrons. The predicted octanol–water partition coefficient (Wildman–Crippen LogP) is 7.94. The minimum Gasteiger partial charge on any atom is -0.493 e. The molecule has 0 aliphatic carbocycles. The van der Waals surface area contributed by atoms with Crippen molar-refractivity contribution in [2.24, 2.45) is 5.41 Å². The van der Waals surface area contributed by atoms with Gasteiger partial charge in [0.1, 0.15) is 30.4 Å². The highest BCUT2D eigenvalue weighted by molar-refractivity contribution is 7.13. The number of aryl methyl sites for hydroxylation is 1. The van der Waals surface area contributed by atoms with Crippen LogP contribution in [0.4, 0.5) is 0 Å². The maximum absolute atomic E-state index is 11.7. The smallest absolute Gasteiger partial charge is 0.312 e. The van der Waals surface area contributed by atoms with Crippen molar-refractivity contribution in [1.29, 1.82) is 0 Å². The topological polar surface area (TPSA) is 96.0 Å². The summed E-state index contributed by atoms with van der Waals surface area (Å²) in [6.45, 7) is 6.10. The number of rotatable bonds is 11. The molecule has 3 heterocycles. The van der Waals surface area contributed by atoms with E-state index < -0.39 is 11.4 Å². The molecule has 0 aliphatic heterocycles. The summed E-state index contributed by atoms with van der Waals surface area (Å²) in [5.74, 6) is 2.32. The average Bonchev–Trinajstić information content (AvgIpc) is 3.74. The lowest BCUT2D eigenvalue weighted by Crippen LogP contribution is -2.30. The van der Waals surface area contributed by atoms with Gasteiger partial charge in [0, 0.05) is 22.8 Å². The second kappa shape index (κ2) is 11.5. The molecule has 0 saturated carbocycles. The average molecular weight is 597 g/mol. The van der Waals surface area contributed by atoms with Crippen LogP contribution in [0.15, 0.2) is 82.6 Å². The molecule has 6 aromatic rings. The van der Waals surface area contributed by atoms with Gasteiger partial charge in [-0.3, -0.25) is 4.79 Å². The van der Waals surface area contributed by atoms with E-state index in [1.165, 1.54) is 0 Å². The van der Waals surface area contributed by atoms with Crippen LogP contribution in [-0.2, 0) is 17.9 Å². The van der Waals surface area contributed by atoms with Gasteiger partial charge in [0.25, 0.3) is 0 Å². The fourth-order valence-electron chi connectivity index (χ4n) is 5.00. The molecule has 0 atom stereocenters. The number of aromatic nitrogens is 2. The molecule has 43 heavy (non-hydrogen) atoms. The molecule has 0 fully saturated rings. The van der Waals surface area contributed by atoms with Gasteiger partial charge in [-0.15, -0.1) is 11.3 Å². The number of carbonyl (C=O) groups is 1. The molecule has 6 rings (SSSR count). The molecule has 3 aromatic carbocycles. The van der Waals surface area contributed by atoms with Gasteiger partial charge >= 0.3 is 5.97 Å². The lowest BCUT2D eigenvalue weighted by molar-refractivity contribution is -0.148. The number of hydrogen-bond acceptors (Lipinski definition) is 7. The number of fused-ring (bicyclic) bond motifs is 3. The first-order chi connectivity index (χ1) is 20.7. The summed E-state index contributed by atoms with van der Waals surface area (Å²) < 4.78 is 26.1. The molecular weight excluding hydrogens is 564 g/mol. The fourth-order valence-corrected chi connectivity index (χ4v) is 5.65. The van der Waals surface area contributed by atoms with Crippen molar-refractivity contribution in [3.05, 3.63) is 95.2 Å². The Morgan fingerprint density at radius 1 is 0.977 bits per heavy atom. The minimum atomic E-state index is -1.01. The minimum absolute atomic E-state index is 0.0584. The zero-order chi connectivity index (χ0) is 30.1. The molecule has 0 saturated heterocycles. The van der Waals surface area contributed by atoms with Crippen LogP contribution in [0.3, 0.4) is 0 Å². The largest absolute Gasteiger partial charge is 0.493 e. The van der Waals surface area contributed by atoms with E-state index in [0.717, 1.165) is 43.7 Å². The molecule has 8 nitrogen and oxygen atoms in total. The Hall–Kier alpha value is -4.76. The molecule has 0 bridgehead atoms. The molecule has 0 unspecified atom stereocenters. The SMILES string of the molecule is COc1cc(Cn2c3ccccc3c3c(OCC(C)(C)C(=O)O)cccc32)ccc1OCc1nc(-c2cccs2)oc1C. The number of hydrogen-bond donors (Lipinski definition) is 1. The molecule has 0 radical (unpaired) electrons. The van der Waals surface area contributed by atoms with Gasteiger partial charge in [-0.2, -0.15) is 0 Å². The zero-order valence-corrected chi connectivity index (χ0v) is 25.2. The summed E-state index contributed by atoms with van der Waals surface area (Å²) in [4.78, 5) is 17.3. The summed E-state index contributed by atoms with van der Waals surface area (Å²) in [5, 5.41) is 13.6. The number of methoxy groups -OCH3 is 1. The third-order valence-electron chi connectivity index (χ3n) is 7.48. The van der Waals surface area contributed by atoms with Gasteiger partial charge in [-0.1, -0.05) is 36.4 Å². The van der Waals surface area contributed by atoms with E-state index in [0.29, 0.717) is 29.7 Å². The van der Waals surface area contributed by atoms with Crippen molar-refractivity contribution in [3.63, 3.8) is 0 Å². The van der Waals surface area contributed by atoms with Crippen molar-refractivity contribution in [1.82, 2.24) is 9.55 Å². The first-order valence-corrected chi connectivity index (χ1v) is 14.8. The highest BCUT2D eigenvalue weighted by atomic mass is 32.1. The number of oxazole rings is 1. The highest BCUT2D eigenvalue weighted by Crippen LogP contribution is 2.38. The first kappa shape index (κ1) is 28.4. The maximum Gasteiger partial charge on any atom is 0.312 e. The van der Waals surface area contributed by atoms with Crippen molar-refractivity contribution in [2.45, 2.75) is 33.9 Å². The van der Waals surface area contributed by atoms with Crippen molar-refractivity contribution < 1.29 is 28.5 Å². The molecule has 0 spiro atoms. The monoisotopic (exact) mass is 596 g/mol. The second-order valence-corrected chi connectivity index (χ2v) is 12.0. The van der Waals surface area contributed by atoms with Crippen LogP contribution >= 0.6 is 11.3 Å². The highest BCUT2D eigenvalue weighted by Gasteiger charge is 2.29. The summed E-state index contributed by atoms with van der Waals surface area (Å²) in [6.07, 6.45) is 0. The van der Waals surface area contributed by atoms with Crippen molar-refractivity contribution >= 4 is 39.1 Å². The van der Waals surface area contributed by atoms with Crippen LogP contribution in [0, 0.1) is 12.3 Å². The summed E-state index contributed by atoms with van der Waals surface area (Å²) in [7, 11) is 1.63. The van der Waals surface area contributed by atoms with Crippen LogP contribution < -0.4 is 14.2 Å². The summed E-state index contributed by atoms with van der Waals surface area (Å²) in [6, 6.07) is 23.9. The van der Waals surface area contributed by atoms with E-state index in [2.05, 4.69) is 27.8 Å². The normalized spacial score (nSPS) is 11.7. The van der Waals surface area contributed by atoms with E-state index in [1.807, 2.05) is 66.9 Å². The van der Waals surface area contributed by atoms with Gasteiger partial charge in [-0.25, -0.2) is 4.98 Å². The van der Waals surface area contributed by atoms with E-state index >= 15 is 0 Å². The second-order valence-electron chi connectivity index (χ2n) is 11.0. The Kier molecular flexibility index (Phi) is 7.58. The van der Waals surface area contributed by atoms with Gasteiger partial charge in [-0.05, 0) is 68.1 Å². The molecule has 0 aliphatic rings. The summed E-state index contributed by atoms with van der Waals surface area (Å²) in [5.41, 5.74) is 2.80. The standard InChI is InChI=1S/C34H32N2O6S/c1-21-24(35-32(42-21)30-13-8-16-43-30)19-40-27-15-14-22(17-29(27)39-4)18-36-25-10-6-5-9-23(25)31-26(36)11-7-12-28(31)41-20-34(2,3)33(37)38/h5-17H,18-20H2,1-4H3,(H,37,38). The van der Waals surface area contributed by atoms with Gasteiger partial charge in [0.15, 0.2) is 11.5 Å². The van der Waals surface area contributed by atoms with Crippen molar-refractivity contribution in [2.75, 3.05) is 13.7 Å². The van der Waals surface area contributed by atoms with E-state index in [-0.39, 0.29) is 13.2 Å². The number of aliphatic carboxylic acids is 1. The Bertz CT molecular complexity index is 1920. The Balaban J connectivity index is 1.27. The molecular formula is C34H32N2O6S. The van der Waals surface area contributed by atoms with E-state index in [9.17, 15) is 9.90 Å². The first-order valence-electron chi connectivity index (χ1n) is 13.9. The van der Waals surface area contributed by atoms with Crippen LogP contribution in [0.25, 0.3) is 32.6 Å². The van der Waals surface area contributed by atoms with E-state index in [1.54, 1.807) is 32.3 Å². The van der Waals surface area contributed by atoms with Crippen molar-refractivity contribution in [3.8, 4) is 28.0 Å². The number of para-hydroxylation sites is 1. The van der Waals surface area contributed by atoms with Crippen LogP contribution in [0.2, 0.25) is 0 Å². The number of benzene rings is 3. The number of nitrogens with zero attached hydrogens (tertiary/aromatic N) is 2. The quantitative estimate of drug-likeness (QED) is 0.162. The summed E-state index contributed by atoms with van der Waals surface area (Å²) >= 11 is 1.58. The van der Waals surface area contributed by atoms with Crippen LogP contribution in [0.5, 0.6) is 17.2 Å². The van der Waals surface area contributed by atoms with Gasteiger partial charge in [0.05, 0.1) is 22.9 Å². The Morgan fingerprint density at radius 3 is 2.56 bits per heavy atom. The zero-order valence-electron chi connectivity index (χ0n) is 24.4. The number of carboxylic acids is 1. The van der Waals surface area contributed by atoms with Crippen LogP contribution in [-0.4, -0.2) is 34.3 Å².